The standard InChI is InChI=1S/C9H10N2O3S/c1-2-10-6-15(14)9-7(10)4-3-5-8(9)11(12)13/h3-5H,2,6H2,1H3. The fraction of sp³-hybridized carbons (Fsp3) is 0.333. The molecule has 0 bridgehead atoms. The van der Waals surface area contributed by atoms with E-state index in [9.17, 15) is 14.3 Å². The molecule has 1 aromatic carbocycles. The molecule has 0 saturated carbocycles. The largest absolute Gasteiger partial charge is 0.358 e. The van der Waals surface area contributed by atoms with Gasteiger partial charge in [-0.05, 0) is 13.0 Å². The second-order valence-electron chi connectivity index (χ2n) is 3.21. The van der Waals surface area contributed by atoms with Gasteiger partial charge >= 0.3 is 0 Å². The van der Waals surface area contributed by atoms with Gasteiger partial charge in [-0.3, -0.25) is 14.3 Å². The van der Waals surface area contributed by atoms with Crippen molar-refractivity contribution < 1.29 is 9.13 Å². The molecule has 0 amide bonds. The first-order valence-corrected chi connectivity index (χ1v) is 5.87. The number of benzene rings is 1. The van der Waals surface area contributed by atoms with Crippen molar-refractivity contribution >= 4 is 22.2 Å². The van der Waals surface area contributed by atoms with Crippen molar-refractivity contribution in [3.8, 4) is 0 Å². The normalized spacial score (nSPS) is 19.0. The molecule has 15 heavy (non-hydrogen) atoms. The zero-order chi connectivity index (χ0) is 11.0. The molecule has 5 nitrogen and oxygen atoms in total. The molecule has 0 spiro atoms. The van der Waals surface area contributed by atoms with Crippen molar-refractivity contribution in [3.63, 3.8) is 0 Å². The van der Waals surface area contributed by atoms with Crippen LogP contribution in [0, 0.1) is 10.1 Å². The summed E-state index contributed by atoms with van der Waals surface area (Å²) < 4.78 is 11.7. The van der Waals surface area contributed by atoms with Crippen molar-refractivity contribution in [3.05, 3.63) is 28.3 Å². The highest BCUT2D eigenvalue weighted by Gasteiger charge is 2.31. The number of anilines is 1. The van der Waals surface area contributed by atoms with Gasteiger partial charge in [0.05, 0.1) is 27.3 Å². The minimum absolute atomic E-state index is 0.0400. The van der Waals surface area contributed by atoms with E-state index >= 15 is 0 Å². The Morgan fingerprint density at radius 2 is 2.33 bits per heavy atom. The van der Waals surface area contributed by atoms with Crippen molar-refractivity contribution in [2.45, 2.75) is 11.8 Å². The van der Waals surface area contributed by atoms with E-state index in [1.54, 1.807) is 12.1 Å². The Balaban J connectivity index is 2.61. The van der Waals surface area contributed by atoms with Crippen LogP contribution in [0.25, 0.3) is 0 Å². The molecule has 1 heterocycles. The summed E-state index contributed by atoms with van der Waals surface area (Å²) in [5, 5.41) is 10.8. The van der Waals surface area contributed by atoms with E-state index in [1.165, 1.54) is 6.07 Å². The van der Waals surface area contributed by atoms with Crippen LogP contribution < -0.4 is 4.90 Å². The van der Waals surface area contributed by atoms with E-state index in [2.05, 4.69) is 0 Å². The third kappa shape index (κ3) is 1.50. The van der Waals surface area contributed by atoms with E-state index < -0.39 is 15.7 Å². The summed E-state index contributed by atoms with van der Waals surface area (Å²) in [7, 11) is -1.28. The molecule has 0 fully saturated rings. The summed E-state index contributed by atoms with van der Waals surface area (Å²) in [5.41, 5.74) is 0.687. The predicted molar refractivity (Wildman–Crippen MR) is 57.4 cm³/mol. The Bertz CT molecular complexity index is 447. The van der Waals surface area contributed by atoms with Crippen LogP contribution in [0.15, 0.2) is 23.1 Å². The molecule has 1 atom stereocenters. The fourth-order valence-corrected chi connectivity index (χ4v) is 3.22. The lowest BCUT2D eigenvalue weighted by Crippen LogP contribution is -2.19. The lowest BCUT2D eigenvalue weighted by molar-refractivity contribution is -0.387. The molecule has 1 aromatic rings. The average Bonchev–Trinajstić information content (AvgIpc) is 2.55. The van der Waals surface area contributed by atoms with Crippen molar-refractivity contribution in [2.24, 2.45) is 0 Å². The summed E-state index contributed by atoms with van der Waals surface area (Å²) in [6.07, 6.45) is 0. The van der Waals surface area contributed by atoms with Crippen molar-refractivity contribution in [2.75, 3.05) is 17.3 Å². The Morgan fingerprint density at radius 1 is 1.60 bits per heavy atom. The van der Waals surface area contributed by atoms with Gasteiger partial charge in [-0.25, -0.2) is 0 Å². The molecule has 80 valence electrons. The van der Waals surface area contributed by atoms with Gasteiger partial charge in [-0.2, -0.15) is 0 Å². The van der Waals surface area contributed by atoms with Crippen LogP contribution in [-0.4, -0.2) is 21.6 Å². The first-order chi connectivity index (χ1) is 7.15. The van der Waals surface area contributed by atoms with Gasteiger partial charge in [0.1, 0.15) is 4.90 Å². The number of nitro benzene ring substituents is 1. The van der Waals surface area contributed by atoms with Crippen LogP contribution in [0.3, 0.4) is 0 Å². The fourth-order valence-electron chi connectivity index (χ4n) is 1.68. The predicted octanol–water partition coefficient (Wildman–Crippen LogP) is 1.50. The van der Waals surface area contributed by atoms with Gasteiger partial charge in [0.15, 0.2) is 0 Å². The zero-order valence-corrected chi connectivity index (χ0v) is 8.99. The molecule has 1 aliphatic heterocycles. The second-order valence-corrected chi connectivity index (χ2v) is 4.57. The van der Waals surface area contributed by atoms with E-state index in [4.69, 9.17) is 0 Å². The minimum atomic E-state index is -1.28. The number of nitro groups is 1. The highest BCUT2D eigenvalue weighted by molar-refractivity contribution is 7.85. The van der Waals surface area contributed by atoms with E-state index in [1.807, 2.05) is 11.8 Å². The maximum absolute atomic E-state index is 11.7. The minimum Gasteiger partial charge on any atom is -0.358 e. The van der Waals surface area contributed by atoms with Gasteiger partial charge in [0.2, 0.25) is 0 Å². The van der Waals surface area contributed by atoms with Crippen LogP contribution in [0.5, 0.6) is 0 Å². The Hall–Kier alpha value is -1.43. The van der Waals surface area contributed by atoms with E-state index in [0.29, 0.717) is 17.3 Å². The van der Waals surface area contributed by atoms with Crippen LogP contribution in [0.4, 0.5) is 11.4 Å². The first-order valence-electron chi connectivity index (χ1n) is 4.56. The smallest absolute Gasteiger partial charge is 0.287 e. The summed E-state index contributed by atoms with van der Waals surface area (Å²) in [5.74, 6) is 0.358. The van der Waals surface area contributed by atoms with Crippen molar-refractivity contribution in [1.29, 1.82) is 0 Å². The zero-order valence-electron chi connectivity index (χ0n) is 8.17. The lowest BCUT2D eigenvalue weighted by atomic mass is 10.2. The summed E-state index contributed by atoms with van der Waals surface area (Å²) in [6.45, 7) is 2.64. The SMILES string of the molecule is CCN1CS(=O)c2c1cccc2[N+](=O)[O-]. The Morgan fingerprint density at radius 3 is 2.93 bits per heavy atom. The van der Waals surface area contributed by atoms with Crippen molar-refractivity contribution in [1.82, 2.24) is 0 Å². The van der Waals surface area contributed by atoms with Crippen LogP contribution in [0.1, 0.15) is 6.92 Å². The number of nitrogens with zero attached hydrogens (tertiary/aromatic N) is 2. The van der Waals surface area contributed by atoms with Gasteiger partial charge in [-0.15, -0.1) is 0 Å². The third-order valence-corrected chi connectivity index (χ3v) is 3.81. The van der Waals surface area contributed by atoms with Crippen LogP contribution >= 0.6 is 0 Å². The van der Waals surface area contributed by atoms with Crippen LogP contribution in [-0.2, 0) is 10.8 Å². The summed E-state index contributed by atoms with van der Waals surface area (Å²) >= 11 is 0. The molecule has 2 rings (SSSR count). The summed E-state index contributed by atoms with van der Waals surface area (Å²) in [4.78, 5) is 12.5. The topological polar surface area (TPSA) is 63.5 Å². The number of rotatable bonds is 2. The molecule has 6 heteroatoms. The molecule has 1 aliphatic rings. The molecule has 1 unspecified atom stereocenters. The molecular weight excluding hydrogens is 216 g/mol. The molecule has 0 aliphatic carbocycles. The maximum atomic E-state index is 11.7. The highest BCUT2D eigenvalue weighted by atomic mass is 32.2. The lowest BCUT2D eigenvalue weighted by Gasteiger charge is -2.13. The highest BCUT2D eigenvalue weighted by Crippen LogP contribution is 2.37. The van der Waals surface area contributed by atoms with Crippen LogP contribution in [0.2, 0.25) is 0 Å². The molecule has 0 aromatic heterocycles. The molecule has 0 saturated heterocycles. The number of hydrogen-bond acceptors (Lipinski definition) is 4. The van der Waals surface area contributed by atoms with Gasteiger partial charge in [0.25, 0.3) is 5.69 Å². The number of fused-ring (bicyclic) bond motifs is 1. The average molecular weight is 226 g/mol. The van der Waals surface area contributed by atoms with E-state index in [-0.39, 0.29) is 5.69 Å². The Kier molecular flexibility index (Phi) is 2.44. The number of hydrogen-bond donors (Lipinski definition) is 0. The second kappa shape index (κ2) is 3.62. The summed E-state index contributed by atoms with van der Waals surface area (Å²) in [6, 6.07) is 4.80. The van der Waals surface area contributed by atoms with Gasteiger partial charge < -0.3 is 4.90 Å². The van der Waals surface area contributed by atoms with Gasteiger partial charge in [0, 0.05) is 12.6 Å². The Labute approximate surface area is 89.3 Å². The monoisotopic (exact) mass is 226 g/mol. The van der Waals surface area contributed by atoms with E-state index in [0.717, 1.165) is 5.69 Å². The third-order valence-electron chi connectivity index (χ3n) is 2.39. The quantitative estimate of drug-likeness (QED) is 0.566. The molecule has 0 N–H and O–H groups in total. The first kappa shape index (κ1) is 10.1. The molecular formula is C9H10N2O3S. The molecule has 0 radical (unpaired) electrons. The van der Waals surface area contributed by atoms with Gasteiger partial charge in [-0.1, -0.05) is 6.07 Å². The maximum Gasteiger partial charge on any atom is 0.287 e.